The van der Waals surface area contributed by atoms with Crippen LogP contribution < -0.4 is 0 Å². The van der Waals surface area contributed by atoms with Gasteiger partial charge in [0.2, 0.25) is 5.13 Å². The van der Waals surface area contributed by atoms with Crippen molar-refractivity contribution < 1.29 is 4.39 Å². The lowest BCUT2D eigenvalue weighted by atomic mass is 10.2. The van der Waals surface area contributed by atoms with Gasteiger partial charge in [-0.05, 0) is 18.3 Å². The molecular formula is C9H6FN3S2. The molecule has 0 aliphatic heterocycles. The first-order valence-corrected chi connectivity index (χ1v) is 5.32. The number of nitrogens with one attached hydrogen (secondary N) is 1. The zero-order valence-corrected chi connectivity index (χ0v) is 9.11. The molecule has 0 radical (unpaired) electrons. The molecule has 1 N–H and O–H groups in total. The van der Waals surface area contributed by atoms with Gasteiger partial charge in [-0.2, -0.15) is 0 Å². The highest BCUT2D eigenvalue weighted by Crippen LogP contribution is 2.15. The monoisotopic (exact) mass is 239 g/mol. The SMILES string of the molecule is Fc1ccccc1C=Nc1n[nH]c(=S)s1. The number of aromatic nitrogens is 2. The Kier molecular flexibility index (Phi) is 2.98. The third-order valence-corrected chi connectivity index (χ3v) is 2.64. The van der Waals surface area contributed by atoms with E-state index in [9.17, 15) is 4.39 Å². The number of hydrogen-bond donors (Lipinski definition) is 1. The summed E-state index contributed by atoms with van der Waals surface area (Å²) >= 11 is 6.08. The third-order valence-electron chi connectivity index (χ3n) is 1.65. The van der Waals surface area contributed by atoms with Gasteiger partial charge in [-0.25, -0.2) is 9.38 Å². The fourth-order valence-electron chi connectivity index (χ4n) is 0.982. The minimum absolute atomic E-state index is 0.305. The first kappa shape index (κ1) is 10.1. The van der Waals surface area contributed by atoms with E-state index < -0.39 is 0 Å². The lowest BCUT2D eigenvalue weighted by molar-refractivity contribution is 0.626. The van der Waals surface area contributed by atoms with E-state index in [1.165, 1.54) is 23.6 Å². The molecule has 0 aliphatic rings. The summed E-state index contributed by atoms with van der Waals surface area (Å²) in [5.41, 5.74) is 0.429. The number of nitrogens with zero attached hydrogens (tertiary/aromatic N) is 2. The summed E-state index contributed by atoms with van der Waals surface area (Å²) in [4.78, 5) is 4.00. The zero-order chi connectivity index (χ0) is 10.7. The summed E-state index contributed by atoms with van der Waals surface area (Å²) < 4.78 is 13.7. The molecule has 2 aromatic rings. The van der Waals surface area contributed by atoms with Crippen LogP contribution in [0.2, 0.25) is 0 Å². The number of benzene rings is 1. The molecule has 3 nitrogen and oxygen atoms in total. The van der Waals surface area contributed by atoms with Crippen molar-refractivity contribution in [2.45, 2.75) is 0 Å². The molecular weight excluding hydrogens is 233 g/mol. The van der Waals surface area contributed by atoms with E-state index in [4.69, 9.17) is 12.2 Å². The average Bonchev–Trinajstić information content (AvgIpc) is 2.63. The van der Waals surface area contributed by atoms with Gasteiger partial charge in [-0.1, -0.05) is 29.5 Å². The molecule has 1 heterocycles. The molecule has 0 fully saturated rings. The maximum absolute atomic E-state index is 13.2. The van der Waals surface area contributed by atoms with E-state index in [-0.39, 0.29) is 5.82 Å². The topological polar surface area (TPSA) is 41.0 Å². The maximum atomic E-state index is 13.2. The molecule has 0 saturated heterocycles. The first-order chi connectivity index (χ1) is 7.25. The van der Waals surface area contributed by atoms with E-state index in [1.54, 1.807) is 18.2 Å². The van der Waals surface area contributed by atoms with E-state index in [0.717, 1.165) is 0 Å². The minimum Gasteiger partial charge on any atom is -0.256 e. The highest BCUT2D eigenvalue weighted by Gasteiger charge is 1.97. The standard InChI is InChI=1S/C9H6FN3S2/c10-7-4-2-1-3-6(7)5-11-8-12-13-9(14)15-8/h1-5H,(H,13,14). The lowest BCUT2D eigenvalue weighted by Gasteiger charge is -1.92. The van der Waals surface area contributed by atoms with Crippen LogP contribution in [0.3, 0.4) is 0 Å². The van der Waals surface area contributed by atoms with Gasteiger partial charge in [0.1, 0.15) is 5.82 Å². The fraction of sp³-hybridized carbons (Fsp3) is 0. The lowest BCUT2D eigenvalue weighted by Crippen LogP contribution is -1.85. The highest BCUT2D eigenvalue weighted by atomic mass is 32.1. The van der Waals surface area contributed by atoms with Crippen molar-refractivity contribution in [2.75, 3.05) is 0 Å². The smallest absolute Gasteiger partial charge is 0.230 e. The molecule has 1 aromatic heterocycles. The largest absolute Gasteiger partial charge is 0.256 e. The van der Waals surface area contributed by atoms with Crippen molar-refractivity contribution in [1.82, 2.24) is 10.2 Å². The summed E-state index contributed by atoms with van der Waals surface area (Å²) in [5, 5.41) is 6.91. The molecule has 0 atom stereocenters. The number of rotatable bonds is 2. The van der Waals surface area contributed by atoms with Crippen LogP contribution in [0.4, 0.5) is 9.52 Å². The minimum atomic E-state index is -0.305. The van der Waals surface area contributed by atoms with Crippen molar-refractivity contribution in [1.29, 1.82) is 0 Å². The number of aromatic amines is 1. The highest BCUT2D eigenvalue weighted by molar-refractivity contribution is 7.73. The second-order valence-electron chi connectivity index (χ2n) is 2.68. The Labute approximate surface area is 94.3 Å². The summed E-state index contributed by atoms with van der Waals surface area (Å²) in [6, 6.07) is 6.40. The average molecular weight is 239 g/mol. The second kappa shape index (κ2) is 4.41. The molecule has 0 aliphatic carbocycles. The molecule has 0 unspecified atom stereocenters. The summed E-state index contributed by atoms with van der Waals surface area (Å²) in [5.74, 6) is -0.305. The first-order valence-electron chi connectivity index (χ1n) is 4.10. The zero-order valence-electron chi connectivity index (χ0n) is 7.48. The normalized spacial score (nSPS) is 11.0. The third kappa shape index (κ3) is 2.54. The second-order valence-corrected chi connectivity index (χ2v) is 4.32. The van der Waals surface area contributed by atoms with E-state index in [2.05, 4.69) is 15.2 Å². The van der Waals surface area contributed by atoms with Gasteiger partial charge in [0, 0.05) is 11.8 Å². The number of aliphatic imine (C=N–C) groups is 1. The van der Waals surface area contributed by atoms with Gasteiger partial charge in [-0.15, -0.1) is 5.10 Å². The molecule has 15 heavy (non-hydrogen) atoms. The van der Waals surface area contributed by atoms with Crippen LogP contribution in [-0.4, -0.2) is 16.4 Å². The molecule has 2 rings (SSSR count). The Bertz CT molecular complexity index is 544. The van der Waals surface area contributed by atoms with Gasteiger partial charge < -0.3 is 0 Å². The van der Waals surface area contributed by atoms with Crippen LogP contribution in [-0.2, 0) is 0 Å². The quantitative estimate of drug-likeness (QED) is 0.646. The van der Waals surface area contributed by atoms with Crippen LogP contribution in [0.15, 0.2) is 29.3 Å². The van der Waals surface area contributed by atoms with Crippen molar-refractivity contribution in [3.05, 3.63) is 39.6 Å². The summed E-state index contributed by atoms with van der Waals surface area (Å²) in [7, 11) is 0. The number of hydrogen-bond acceptors (Lipinski definition) is 4. The van der Waals surface area contributed by atoms with Gasteiger partial charge in [-0.3, -0.25) is 5.10 Å². The molecule has 0 saturated carbocycles. The Hall–Kier alpha value is -1.40. The van der Waals surface area contributed by atoms with Crippen LogP contribution in [0, 0.1) is 9.77 Å². The predicted molar refractivity (Wildman–Crippen MR) is 61.0 cm³/mol. The van der Waals surface area contributed by atoms with Crippen LogP contribution in [0.25, 0.3) is 0 Å². The molecule has 0 amide bonds. The molecule has 76 valence electrons. The van der Waals surface area contributed by atoms with Crippen LogP contribution in [0.1, 0.15) is 5.56 Å². The van der Waals surface area contributed by atoms with Crippen LogP contribution in [0.5, 0.6) is 0 Å². The Morgan fingerprint density at radius 1 is 1.47 bits per heavy atom. The predicted octanol–water partition coefficient (Wildman–Crippen LogP) is 3.09. The molecule has 0 bridgehead atoms. The molecule has 1 aromatic carbocycles. The fourth-order valence-corrected chi connectivity index (χ4v) is 1.70. The maximum Gasteiger partial charge on any atom is 0.230 e. The van der Waals surface area contributed by atoms with Crippen molar-refractivity contribution in [2.24, 2.45) is 4.99 Å². The van der Waals surface area contributed by atoms with Crippen molar-refractivity contribution >= 4 is 34.9 Å². The Morgan fingerprint density at radius 2 is 2.27 bits per heavy atom. The molecule has 6 heteroatoms. The van der Waals surface area contributed by atoms with E-state index in [0.29, 0.717) is 14.6 Å². The van der Waals surface area contributed by atoms with Crippen molar-refractivity contribution in [3.63, 3.8) is 0 Å². The summed E-state index contributed by atoms with van der Waals surface area (Å²) in [6.45, 7) is 0. The Balaban J connectivity index is 2.26. The Morgan fingerprint density at radius 3 is 2.93 bits per heavy atom. The number of H-pyrrole nitrogens is 1. The van der Waals surface area contributed by atoms with Crippen molar-refractivity contribution in [3.8, 4) is 0 Å². The number of halogens is 1. The van der Waals surface area contributed by atoms with Crippen LogP contribution >= 0.6 is 23.6 Å². The van der Waals surface area contributed by atoms with Gasteiger partial charge >= 0.3 is 0 Å². The van der Waals surface area contributed by atoms with E-state index >= 15 is 0 Å². The van der Waals surface area contributed by atoms with Gasteiger partial charge in [0.25, 0.3) is 0 Å². The van der Waals surface area contributed by atoms with Gasteiger partial charge in [0.15, 0.2) is 3.95 Å². The van der Waals surface area contributed by atoms with Gasteiger partial charge in [0.05, 0.1) is 0 Å². The summed E-state index contributed by atoms with van der Waals surface area (Å²) in [6.07, 6.45) is 1.43. The molecule has 0 spiro atoms. The van der Waals surface area contributed by atoms with E-state index in [1.807, 2.05) is 0 Å².